The third-order valence-electron chi connectivity index (χ3n) is 12.9. The topological polar surface area (TPSA) is 43.6 Å². The molecule has 351 valence electrons. The molecule has 0 fully saturated rings. The van der Waals surface area contributed by atoms with Crippen molar-refractivity contribution in [1.29, 1.82) is 0 Å². The molecule has 0 N–H and O–H groups in total. The van der Waals surface area contributed by atoms with Gasteiger partial charge >= 0.3 is 120 Å². The SMILES string of the molecule is Cc1ccc2c(n1)sc1c(-c3nc4c5ccc(F)cc5ccc4n3-c3c(-c4ccccc4)cc(C(C)(C)C)cc3-c3ccccc3)[c-]ccc12.[2H]C(C)(C)c1cc(-c2[c-]cccc2)nc[c]1[Ge]([CH3])([CH3])[CH3].[Ir]. The number of thiophene rings is 1. The van der Waals surface area contributed by atoms with E-state index in [4.69, 9.17) is 11.3 Å². The average molecular weight is 1170 g/mol. The van der Waals surface area contributed by atoms with Gasteiger partial charge in [-0.15, -0.1) is 18.2 Å². The molecule has 4 heterocycles. The summed E-state index contributed by atoms with van der Waals surface area (Å²) in [5, 5.41) is 3.97. The van der Waals surface area contributed by atoms with Crippen LogP contribution in [0.1, 0.15) is 58.7 Å². The number of rotatable bonds is 7. The zero-order chi connectivity index (χ0) is 49.1. The van der Waals surface area contributed by atoms with Crippen LogP contribution in [0, 0.1) is 24.9 Å². The van der Waals surface area contributed by atoms with Crippen molar-refractivity contribution in [2.45, 2.75) is 70.1 Å². The number of hydrogen-bond donors (Lipinski definition) is 0. The Morgan fingerprint density at radius 2 is 1.39 bits per heavy atom. The van der Waals surface area contributed by atoms with Crippen molar-refractivity contribution < 1.29 is 25.9 Å². The standard InChI is InChI=1S/C45H33FN3S.C17H22GeN.Ir/c1-27-18-21-35-34-16-11-17-36(42(34)50-44(35)47-27)43-48-40-33-22-20-32(46)24-30(33)19-23-39(40)49(43)41-37(28-12-7-5-8-13-28)25-31(45(2,3)4)26-38(41)29-14-9-6-10-15-29;1-13(2)15-11-17(14-9-7-6-8-10-14)19-12-16(15)18(3,4)5;/h5-16,18-26H,1-4H3;6-9,11-13H,1-5H3;/q2*-1;/i;13D;. The van der Waals surface area contributed by atoms with Crippen molar-refractivity contribution in [1.82, 2.24) is 19.5 Å². The number of nitrogens with zero attached hydrogens (tertiary/aromatic N) is 4. The third-order valence-corrected chi connectivity index (χ3v) is 18.2. The Labute approximate surface area is 432 Å². The van der Waals surface area contributed by atoms with E-state index in [0.717, 1.165) is 104 Å². The second kappa shape index (κ2) is 19.6. The van der Waals surface area contributed by atoms with Gasteiger partial charge in [0.1, 0.15) is 10.6 Å². The smallest absolute Gasteiger partial charge is 0 e. The Bertz CT molecular complexity index is 3680. The van der Waals surface area contributed by atoms with Crippen LogP contribution in [0.4, 0.5) is 4.39 Å². The number of hydrogen-bond acceptors (Lipinski definition) is 4. The molecule has 4 nitrogen and oxygen atoms in total. The van der Waals surface area contributed by atoms with E-state index in [0.29, 0.717) is 0 Å². The van der Waals surface area contributed by atoms with Gasteiger partial charge in [0.05, 0.1) is 22.5 Å². The third kappa shape index (κ3) is 9.45. The fourth-order valence-corrected chi connectivity index (χ4v) is 13.8. The molecule has 70 heavy (non-hydrogen) atoms. The molecule has 0 saturated heterocycles. The number of halogens is 1. The Morgan fingerprint density at radius 3 is 2.01 bits per heavy atom. The van der Waals surface area contributed by atoms with E-state index in [1.807, 2.05) is 69.4 Å². The summed E-state index contributed by atoms with van der Waals surface area (Å²) in [4.78, 5) is 16.0. The molecule has 0 spiro atoms. The summed E-state index contributed by atoms with van der Waals surface area (Å²) < 4.78 is 27.7. The molecule has 0 saturated carbocycles. The first-order valence-electron chi connectivity index (χ1n) is 24.0. The van der Waals surface area contributed by atoms with Gasteiger partial charge in [-0.25, -0.2) is 9.37 Å². The van der Waals surface area contributed by atoms with Gasteiger partial charge in [0.15, 0.2) is 0 Å². The molecular weight excluding hydrogens is 1120 g/mol. The minimum atomic E-state index is -2.03. The quantitative estimate of drug-likeness (QED) is 0.118. The molecule has 1 radical (unpaired) electrons. The summed E-state index contributed by atoms with van der Waals surface area (Å²) in [5.74, 6) is 6.96. The molecule has 0 unspecified atom stereocenters. The van der Waals surface area contributed by atoms with Crippen LogP contribution < -0.4 is 4.40 Å². The zero-order valence-electron chi connectivity index (χ0n) is 42.0. The van der Waals surface area contributed by atoms with E-state index in [2.05, 4.69) is 163 Å². The van der Waals surface area contributed by atoms with Crippen molar-refractivity contribution in [3.05, 3.63) is 199 Å². The number of aryl methyl sites for hydroxylation is 1. The van der Waals surface area contributed by atoms with Crippen LogP contribution in [0.3, 0.4) is 0 Å². The van der Waals surface area contributed by atoms with Crippen molar-refractivity contribution in [3.8, 4) is 50.6 Å². The van der Waals surface area contributed by atoms with Crippen LogP contribution in [0.15, 0.2) is 164 Å². The number of pyridine rings is 2. The summed E-state index contributed by atoms with van der Waals surface area (Å²) in [6.07, 6.45) is 2.00. The summed E-state index contributed by atoms with van der Waals surface area (Å²) in [5.41, 5.74) is 13.3. The van der Waals surface area contributed by atoms with Gasteiger partial charge in [0.2, 0.25) is 0 Å². The van der Waals surface area contributed by atoms with Gasteiger partial charge in [0, 0.05) is 42.3 Å². The van der Waals surface area contributed by atoms with Gasteiger partial charge in [-0.2, -0.15) is 11.3 Å². The Kier molecular flexibility index (Phi) is 13.3. The van der Waals surface area contributed by atoms with E-state index >= 15 is 0 Å². The molecule has 0 amide bonds. The van der Waals surface area contributed by atoms with Crippen molar-refractivity contribution in [2.24, 2.45) is 0 Å². The molecule has 0 aliphatic heterocycles. The van der Waals surface area contributed by atoms with E-state index in [9.17, 15) is 4.39 Å². The summed E-state index contributed by atoms with van der Waals surface area (Å²) in [6, 6.07) is 60.2. The average Bonchev–Trinajstić information content (AvgIpc) is 3.92. The molecule has 0 bridgehead atoms. The zero-order valence-corrected chi connectivity index (χ0v) is 46.3. The molecular formula is C62H55FGeIrN4S-2. The summed E-state index contributed by atoms with van der Waals surface area (Å²) in [7, 11) is 0. The molecule has 11 rings (SSSR count). The normalized spacial score (nSPS) is 12.2. The van der Waals surface area contributed by atoms with Crippen LogP contribution in [0.5, 0.6) is 0 Å². The molecule has 7 aromatic carbocycles. The fraction of sp³-hybridized carbons (Fsp3) is 0.177. The predicted molar refractivity (Wildman–Crippen MR) is 293 cm³/mol. The molecule has 4 aromatic heterocycles. The maximum atomic E-state index is 14.5. The molecule has 8 heteroatoms. The monoisotopic (exact) mass is 1170 g/mol. The summed E-state index contributed by atoms with van der Waals surface area (Å²) >= 11 is -0.347. The van der Waals surface area contributed by atoms with E-state index in [-0.39, 0.29) is 31.3 Å². The maximum Gasteiger partial charge on any atom is 0 e. The number of benzene rings is 7. The minimum Gasteiger partial charge on any atom is 0 e. The first-order valence-corrected chi connectivity index (χ1v) is 31.7. The van der Waals surface area contributed by atoms with Crippen molar-refractivity contribution in [3.63, 3.8) is 0 Å². The Morgan fingerprint density at radius 1 is 0.714 bits per heavy atom. The first-order chi connectivity index (χ1) is 33.4. The van der Waals surface area contributed by atoms with Gasteiger partial charge in [-0.3, -0.25) is 4.98 Å². The van der Waals surface area contributed by atoms with Crippen molar-refractivity contribution >= 4 is 71.1 Å². The molecule has 0 aliphatic carbocycles. The second-order valence-corrected chi connectivity index (χ2v) is 31.7. The van der Waals surface area contributed by atoms with Gasteiger partial charge in [-0.05, 0) is 87.0 Å². The fourth-order valence-electron chi connectivity index (χ4n) is 9.27. The van der Waals surface area contributed by atoms with Gasteiger partial charge < -0.3 is 4.57 Å². The van der Waals surface area contributed by atoms with Crippen LogP contribution in [-0.2, 0) is 25.5 Å². The largest absolute Gasteiger partial charge is 0 e. The van der Waals surface area contributed by atoms with Crippen LogP contribution in [0.25, 0.3) is 92.7 Å². The van der Waals surface area contributed by atoms with Gasteiger partial charge in [-0.1, -0.05) is 105 Å². The van der Waals surface area contributed by atoms with E-state index in [1.165, 1.54) is 16.0 Å². The first kappa shape index (κ1) is 47.6. The van der Waals surface area contributed by atoms with Crippen LogP contribution in [0.2, 0.25) is 17.3 Å². The number of fused-ring (bicyclic) bond motifs is 6. The van der Waals surface area contributed by atoms with Gasteiger partial charge in [0.25, 0.3) is 0 Å². The van der Waals surface area contributed by atoms with Crippen LogP contribution >= 0.6 is 11.3 Å². The number of imidazole rings is 1. The summed E-state index contributed by atoms with van der Waals surface area (Å²) in [6.45, 7) is 12.7. The number of aromatic nitrogens is 4. The second-order valence-electron chi connectivity index (χ2n) is 20.1. The predicted octanol–water partition coefficient (Wildman–Crippen LogP) is 16.7. The Hall–Kier alpha value is -6.09. The minimum absolute atomic E-state index is 0. The van der Waals surface area contributed by atoms with E-state index < -0.39 is 19.2 Å². The maximum absolute atomic E-state index is 14.5. The Balaban J connectivity index is 0.000000251. The molecule has 0 atom stereocenters. The molecule has 0 aliphatic rings. The molecule has 11 aromatic rings. The van der Waals surface area contributed by atoms with Crippen LogP contribution in [-0.4, -0.2) is 32.8 Å². The van der Waals surface area contributed by atoms with E-state index in [1.54, 1.807) is 17.4 Å². The van der Waals surface area contributed by atoms with Crippen molar-refractivity contribution in [2.75, 3.05) is 0 Å².